The number of nitrogens with two attached hydrogens (primary N) is 2. The quantitative estimate of drug-likeness (QED) is 0.619. The van der Waals surface area contributed by atoms with Crippen LogP contribution in [0.4, 0.5) is 11.4 Å². The van der Waals surface area contributed by atoms with E-state index in [2.05, 4.69) is 15.5 Å². The molecule has 0 amide bonds. The van der Waals surface area contributed by atoms with Gasteiger partial charge in [0.25, 0.3) is 0 Å². The zero-order valence-electron chi connectivity index (χ0n) is 7.68. The third kappa shape index (κ3) is 1.26. The molecule has 0 saturated carbocycles. The SMILES string of the molecule is Cn1nnnc1-c1ccc(N)c(N)c1. The summed E-state index contributed by atoms with van der Waals surface area (Å²) in [5.41, 5.74) is 13.2. The van der Waals surface area contributed by atoms with Gasteiger partial charge in [-0.25, -0.2) is 4.68 Å². The number of nitrogens with zero attached hydrogens (tertiary/aromatic N) is 4. The van der Waals surface area contributed by atoms with Gasteiger partial charge in [0.15, 0.2) is 5.82 Å². The summed E-state index contributed by atoms with van der Waals surface area (Å²) in [5.74, 6) is 0.664. The molecule has 0 aliphatic carbocycles. The average molecular weight is 190 g/mol. The summed E-state index contributed by atoms with van der Waals surface area (Å²) in [7, 11) is 1.77. The van der Waals surface area contributed by atoms with Crippen molar-refractivity contribution in [1.29, 1.82) is 0 Å². The van der Waals surface area contributed by atoms with Crippen LogP contribution in [0.5, 0.6) is 0 Å². The molecule has 0 unspecified atom stereocenters. The topological polar surface area (TPSA) is 95.6 Å². The molecule has 1 aromatic carbocycles. The van der Waals surface area contributed by atoms with Crippen LogP contribution in [0.3, 0.4) is 0 Å². The van der Waals surface area contributed by atoms with Crippen molar-refractivity contribution >= 4 is 11.4 Å². The first-order valence-corrected chi connectivity index (χ1v) is 4.06. The predicted octanol–water partition coefficient (Wildman–Crippen LogP) is 0.0415. The van der Waals surface area contributed by atoms with E-state index < -0.39 is 0 Å². The fourth-order valence-corrected chi connectivity index (χ4v) is 1.19. The van der Waals surface area contributed by atoms with Crippen molar-refractivity contribution in [1.82, 2.24) is 20.2 Å². The highest BCUT2D eigenvalue weighted by atomic mass is 15.5. The fraction of sp³-hybridized carbons (Fsp3) is 0.125. The standard InChI is InChI=1S/C8H10N6/c1-14-8(11-12-13-14)5-2-3-6(9)7(10)4-5/h2-4H,9-10H2,1H3. The highest BCUT2D eigenvalue weighted by Crippen LogP contribution is 2.22. The highest BCUT2D eigenvalue weighted by molar-refractivity contribution is 5.71. The van der Waals surface area contributed by atoms with E-state index in [1.54, 1.807) is 23.9 Å². The number of aromatic nitrogens is 4. The summed E-state index contributed by atoms with van der Waals surface area (Å²) in [6, 6.07) is 5.32. The molecule has 0 atom stereocenters. The molecule has 0 fully saturated rings. The van der Waals surface area contributed by atoms with Crippen molar-refractivity contribution in [2.24, 2.45) is 7.05 Å². The van der Waals surface area contributed by atoms with Crippen molar-refractivity contribution in [3.05, 3.63) is 18.2 Å². The van der Waals surface area contributed by atoms with Crippen LogP contribution >= 0.6 is 0 Å². The predicted molar refractivity (Wildman–Crippen MR) is 53.1 cm³/mol. The van der Waals surface area contributed by atoms with Crippen LogP contribution in [0.1, 0.15) is 0 Å². The van der Waals surface area contributed by atoms with E-state index in [0.29, 0.717) is 17.2 Å². The molecule has 6 heteroatoms. The molecule has 2 aromatic rings. The summed E-state index contributed by atoms with van der Waals surface area (Å²) in [4.78, 5) is 0. The maximum Gasteiger partial charge on any atom is 0.181 e. The molecule has 0 aliphatic rings. The van der Waals surface area contributed by atoms with Gasteiger partial charge in [0.2, 0.25) is 0 Å². The average Bonchev–Trinajstić information content (AvgIpc) is 2.57. The third-order valence-corrected chi connectivity index (χ3v) is 1.97. The Morgan fingerprint density at radius 2 is 2.00 bits per heavy atom. The van der Waals surface area contributed by atoms with Gasteiger partial charge in [-0.3, -0.25) is 0 Å². The van der Waals surface area contributed by atoms with Gasteiger partial charge in [-0.2, -0.15) is 0 Å². The van der Waals surface area contributed by atoms with Crippen molar-refractivity contribution in [3.8, 4) is 11.4 Å². The minimum Gasteiger partial charge on any atom is -0.397 e. The lowest BCUT2D eigenvalue weighted by Crippen LogP contribution is -1.98. The Hall–Kier alpha value is -2.11. The minimum absolute atomic E-state index is 0.533. The van der Waals surface area contributed by atoms with Crippen molar-refractivity contribution in [3.63, 3.8) is 0 Å². The number of anilines is 2. The number of aryl methyl sites for hydroxylation is 1. The molecule has 1 heterocycles. The summed E-state index contributed by atoms with van der Waals surface area (Å²) in [6.45, 7) is 0. The largest absolute Gasteiger partial charge is 0.397 e. The number of tetrazole rings is 1. The third-order valence-electron chi connectivity index (χ3n) is 1.97. The molecule has 0 saturated heterocycles. The zero-order chi connectivity index (χ0) is 10.1. The monoisotopic (exact) mass is 190 g/mol. The van der Waals surface area contributed by atoms with E-state index in [1.807, 2.05) is 6.07 Å². The number of hydrogen-bond acceptors (Lipinski definition) is 5. The van der Waals surface area contributed by atoms with Gasteiger partial charge in [0.1, 0.15) is 0 Å². The lowest BCUT2D eigenvalue weighted by molar-refractivity contribution is 0.715. The van der Waals surface area contributed by atoms with E-state index in [4.69, 9.17) is 11.5 Å². The first-order chi connectivity index (χ1) is 6.68. The van der Waals surface area contributed by atoms with Crippen molar-refractivity contribution in [2.75, 3.05) is 11.5 Å². The Morgan fingerprint density at radius 3 is 2.57 bits per heavy atom. The number of hydrogen-bond donors (Lipinski definition) is 2. The fourth-order valence-electron chi connectivity index (χ4n) is 1.19. The molecule has 0 spiro atoms. The molecule has 0 aliphatic heterocycles. The smallest absolute Gasteiger partial charge is 0.181 e. The molecule has 0 bridgehead atoms. The van der Waals surface area contributed by atoms with Crippen molar-refractivity contribution in [2.45, 2.75) is 0 Å². The number of benzene rings is 1. The summed E-state index contributed by atoms with van der Waals surface area (Å²) >= 11 is 0. The lowest BCUT2D eigenvalue weighted by Gasteiger charge is -2.02. The first-order valence-electron chi connectivity index (χ1n) is 4.06. The van der Waals surface area contributed by atoms with E-state index in [1.165, 1.54) is 0 Å². The maximum absolute atomic E-state index is 5.67. The maximum atomic E-state index is 5.67. The van der Waals surface area contributed by atoms with Gasteiger partial charge in [-0.15, -0.1) is 5.10 Å². The molecule has 2 rings (SSSR count). The number of rotatable bonds is 1. The van der Waals surface area contributed by atoms with Crippen LogP contribution in [0.25, 0.3) is 11.4 Å². The zero-order valence-corrected chi connectivity index (χ0v) is 7.68. The highest BCUT2D eigenvalue weighted by Gasteiger charge is 2.06. The van der Waals surface area contributed by atoms with Gasteiger partial charge < -0.3 is 11.5 Å². The lowest BCUT2D eigenvalue weighted by atomic mass is 10.1. The van der Waals surface area contributed by atoms with Crippen LogP contribution in [-0.4, -0.2) is 20.2 Å². The second kappa shape index (κ2) is 2.99. The van der Waals surface area contributed by atoms with E-state index in [-0.39, 0.29) is 0 Å². The number of nitrogen functional groups attached to an aromatic ring is 2. The van der Waals surface area contributed by atoms with Crippen LogP contribution in [0, 0.1) is 0 Å². The minimum atomic E-state index is 0.533. The molecular formula is C8H10N6. The summed E-state index contributed by atoms with van der Waals surface area (Å²) in [5, 5.41) is 11.1. The molecule has 0 radical (unpaired) electrons. The Kier molecular flexibility index (Phi) is 1.81. The normalized spacial score (nSPS) is 10.4. The van der Waals surface area contributed by atoms with Crippen LogP contribution in [-0.2, 0) is 7.05 Å². The van der Waals surface area contributed by atoms with E-state index in [9.17, 15) is 0 Å². The van der Waals surface area contributed by atoms with E-state index in [0.717, 1.165) is 5.56 Å². The van der Waals surface area contributed by atoms with Gasteiger partial charge >= 0.3 is 0 Å². The van der Waals surface area contributed by atoms with Crippen LogP contribution < -0.4 is 11.5 Å². The molecule has 14 heavy (non-hydrogen) atoms. The molecular weight excluding hydrogens is 180 g/mol. The van der Waals surface area contributed by atoms with Gasteiger partial charge in [0.05, 0.1) is 11.4 Å². The molecule has 72 valence electrons. The van der Waals surface area contributed by atoms with Gasteiger partial charge in [-0.1, -0.05) is 0 Å². The van der Waals surface area contributed by atoms with Crippen LogP contribution in [0.2, 0.25) is 0 Å². The summed E-state index contributed by atoms with van der Waals surface area (Å²) < 4.78 is 1.57. The molecule has 6 nitrogen and oxygen atoms in total. The Bertz CT molecular complexity index is 461. The van der Waals surface area contributed by atoms with E-state index >= 15 is 0 Å². The molecule has 4 N–H and O–H groups in total. The van der Waals surface area contributed by atoms with Gasteiger partial charge in [0, 0.05) is 12.6 Å². The Labute approximate surface area is 80.5 Å². The summed E-state index contributed by atoms with van der Waals surface area (Å²) in [6.07, 6.45) is 0. The second-order valence-corrected chi connectivity index (χ2v) is 2.97. The first kappa shape index (κ1) is 8.49. The van der Waals surface area contributed by atoms with Crippen LogP contribution in [0.15, 0.2) is 18.2 Å². The van der Waals surface area contributed by atoms with Gasteiger partial charge in [-0.05, 0) is 28.6 Å². The molecule has 1 aromatic heterocycles. The van der Waals surface area contributed by atoms with Crippen molar-refractivity contribution < 1.29 is 0 Å². The Balaban J connectivity index is 2.53. The Morgan fingerprint density at radius 1 is 1.21 bits per heavy atom. The second-order valence-electron chi connectivity index (χ2n) is 2.97.